The number of phenolic OH excluding ortho intramolecular Hbond substituents is 1. The molecule has 0 radical (unpaired) electrons. The highest BCUT2D eigenvalue weighted by atomic mass is 16.3. The second-order valence-corrected chi connectivity index (χ2v) is 7.54. The first-order chi connectivity index (χ1) is 12.2. The molecule has 2 N–H and O–H groups in total. The molecule has 1 heterocycles. The molecule has 3 unspecified atom stereocenters. The van der Waals surface area contributed by atoms with Gasteiger partial charge in [-0.2, -0.15) is 0 Å². The third-order valence-corrected chi connectivity index (χ3v) is 6.12. The maximum atomic E-state index is 9.61. The molecule has 0 aromatic heterocycles. The van der Waals surface area contributed by atoms with Crippen molar-refractivity contribution in [3.05, 3.63) is 59.7 Å². The number of rotatable bonds is 3. The van der Waals surface area contributed by atoms with Crippen molar-refractivity contribution in [2.75, 3.05) is 24.5 Å². The van der Waals surface area contributed by atoms with Crippen LogP contribution in [-0.4, -0.2) is 30.8 Å². The monoisotopic (exact) mass is 336 g/mol. The Morgan fingerprint density at radius 2 is 1.92 bits per heavy atom. The summed E-state index contributed by atoms with van der Waals surface area (Å²) in [5, 5.41) is 13.2. The van der Waals surface area contributed by atoms with E-state index in [0.717, 1.165) is 19.6 Å². The average Bonchev–Trinajstić information content (AvgIpc) is 2.68. The molecule has 3 heteroatoms. The van der Waals surface area contributed by atoms with Crippen molar-refractivity contribution in [3.8, 4) is 5.75 Å². The Kier molecular flexibility index (Phi) is 4.67. The van der Waals surface area contributed by atoms with Gasteiger partial charge >= 0.3 is 0 Å². The van der Waals surface area contributed by atoms with Crippen LogP contribution in [0.1, 0.15) is 36.8 Å². The number of hydrogen-bond acceptors (Lipinski definition) is 3. The molecule has 0 bridgehead atoms. The van der Waals surface area contributed by atoms with Gasteiger partial charge in [0.05, 0.1) is 0 Å². The van der Waals surface area contributed by atoms with Crippen molar-refractivity contribution >= 4 is 5.69 Å². The first kappa shape index (κ1) is 16.5. The second-order valence-electron chi connectivity index (χ2n) is 7.54. The van der Waals surface area contributed by atoms with Crippen LogP contribution in [0.2, 0.25) is 0 Å². The Labute approximate surface area is 150 Å². The van der Waals surface area contributed by atoms with E-state index in [2.05, 4.69) is 53.5 Å². The third-order valence-electron chi connectivity index (χ3n) is 6.12. The second kappa shape index (κ2) is 7.09. The van der Waals surface area contributed by atoms with Gasteiger partial charge < -0.3 is 15.3 Å². The number of anilines is 1. The minimum atomic E-state index is 0.338. The van der Waals surface area contributed by atoms with Crippen molar-refractivity contribution in [1.82, 2.24) is 5.32 Å². The lowest BCUT2D eigenvalue weighted by atomic mass is 9.73. The highest BCUT2D eigenvalue weighted by Gasteiger charge is 2.34. The number of aryl methyl sites for hydroxylation is 1. The van der Waals surface area contributed by atoms with E-state index in [9.17, 15) is 5.11 Å². The Balaban J connectivity index is 1.61. The van der Waals surface area contributed by atoms with E-state index < -0.39 is 0 Å². The SMILES string of the molecule is CC(C1CCCc2ccccc21)C1CNCCN1c1ccc(O)cc1. The van der Waals surface area contributed by atoms with Gasteiger partial charge in [0.2, 0.25) is 0 Å². The molecular weight excluding hydrogens is 308 g/mol. The molecule has 1 saturated heterocycles. The van der Waals surface area contributed by atoms with Gasteiger partial charge in [0.15, 0.2) is 0 Å². The summed E-state index contributed by atoms with van der Waals surface area (Å²) < 4.78 is 0. The van der Waals surface area contributed by atoms with E-state index in [-0.39, 0.29) is 0 Å². The molecule has 2 aromatic rings. The van der Waals surface area contributed by atoms with E-state index in [4.69, 9.17) is 0 Å². The quantitative estimate of drug-likeness (QED) is 0.891. The average molecular weight is 336 g/mol. The molecule has 1 aliphatic heterocycles. The van der Waals surface area contributed by atoms with Crippen LogP contribution < -0.4 is 10.2 Å². The predicted octanol–water partition coefficient (Wildman–Crippen LogP) is 3.93. The largest absolute Gasteiger partial charge is 0.508 e. The lowest BCUT2D eigenvalue weighted by Gasteiger charge is -2.44. The first-order valence-electron chi connectivity index (χ1n) is 9.58. The van der Waals surface area contributed by atoms with Gasteiger partial charge in [-0.25, -0.2) is 0 Å². The topological polar surface area (TPSA) is 35.5 Å². The van der Waals surface area contributed by atoms with Gasteiger partial charge in [-0.15, -0.1) is 0 Å². The van der Waals surface area contributed by atoms with Crippen LogP contribution in [0.3, 0.4) is 0 Å². The molecule has 1 fully saturated rings. The summed E-state index contributed by atoms with van der Waals surface area (Å²) in [6.45, 7) is 5.50. The number of nitrogens with one attached hydrogen (secondary N) is 1. The van der Waals surface area contributed by atoms with Crippen LogP contribution in [0.25, 0.3) is 0 Å². The van der Waals surface area contributed by atoms with Crippen molar-refractivity contribution in [2.24, 2.45) is 5.92 Å². The number of phenols is 1. The summed E-state index contributed by atoms with van der Waals surface area (Å²) in [5.74, 6) is 1.56. The summed E-state index contributed by atoms with van der Waals surface area (Å²) in [6.07, 6.45) is 3.81. The molecule has 0 amide bonds. The van der Waals surface area contributed by atoms with Gasteiger partial charge in [-0.3, -0.25) is 0 Å². The normalized spacial score (nSPS) is 24.6. The van der Waals surface area contributed by atoms with Gasteiger partial charge in [0.1, 0.15) is 5.75 Å². The minimum Gasteiger partial charge on any atom is -0.508 e. The standard InChI is InChI=1S/C22H28N2O/c1-16(20-8-4-6-17-5-2-3-7-21(17)20)22-15-23-13-14-24(22)18-9-11-19(25)12-10-18/h2-3,5,7,9-12,16,20,22-23,25H,4,6,8,13-15H2,1H3. The van der Waals surface area contributed by atoms with Crippen molar-refractivity contribution in [3.63, 3.8) is 0 Å². The minimum absolute atomic E-state index is 0.338. The van der Waals surface area contributed by atoms with E-state index in [1.54, 1.807) is 23.3 Å². The van der Waals surface area contributed by atoms with Crippen molar-refractivity contribution in [1.29, 1.82) is 0 Å². The summed E-state index contributed by atoms with van der Waals surface area (Å²) >= 11 is 0. The zero-order chi connectivity index (χ0) is 17.2. The predicted molar refractivity (Wildman–Crippen MR) is 103 cm³/mol. The fourth-order valence-electron chi connectivity index (χ4n) is 4.77. The van der Waals surface area contributed by atoms with Gasteiger partial charge in [-0.05, 0) is 66.5 Å². The number of nitrogens with zero attached hydrogens (tertiary/aromatic N) is 1. The highest BCUT2D eigenvalue weighted by molar-refractivity contribution is 5.50. The third kappa shape index (κ3) is 3.25. The van der Waals surface area contributed by atoms with Gasteiger partial charge in [0, 0.05) is 31.4 Å². The fraction of sp³-hybridized carbons (Fsp3) is 0.455. The molecule has 3 atom stereocenters. The van der Waals surface area contributed by atoms with Crippen LogP contribution in [0.15, 0.2) is 48.5 Å². The number of hydrogen-bond donors (Lipinski definition) is 2. The molecule has 132 valence electrons. The molecule has 1 aliphatic carbocycles. The maximum Gasteiger partial charge on any atom is 0.115 e. The summed E-state index contributed by atoms with van der Waals surface area (Å²) in [6, 6.07) is 17.2. The highest BCUT2D eigenvalue weighted by Crippen LogP contribution is 2.40. The van der Waals surface area contributed by atoms with Gasteiger partial charge in [-0.1, -0.05) is 31.2 Å². The molecule has 2 aliphatic rings. The van der Waals surface area contributed by atoms with Crippen LogP contribution in [0.4, 0.5) is 5.69 Å². The molecule has 25 heavy (non-hydrogen) atoms. The zero-order valence-electron chi connectivity index (χ0n) is 15.0. The van der Waals surface area contributed by atoms with Crippen LogP contribution >= 0.6 is 0 Å². The number of benzene rings is 2. The molecule has 2 aromatic carbocycles. The van der Waals surface area contributed by atoms with Crippen LogP contribution in [-0.2, 0) is 6.42 Å². The van der Waals surface area contributed by atoms with E-state index >= 15 is 0 Å². The fourth-order valence-corrected chi connectivity index (χ4v) is 4.77. The summed E-state index contributed by atoms with van der Waals surface area (Å²) in [5.41, 5.74) is 4.34. The maximum absolute atomic E-state index is 9.61. The number of aromatic hydroxyl groups is 1. The molecule has 4 rings (SSSR count). The lowest BCUT2D eigenvalue weighted by molar-refractivity contribution is 0.304. The summed E-state index contributed by atoms with van der Waals surface area (Å²) in [7, 11) is 0. The lowest BCUT2D eigenvalue weighted by Crippen LogP contribution is -2.55. The Hall–Kier alpha value is -2.00. The van der Waals surface area contributed by atoms with E-state index in [0.29, 0.717) is 23.6 Å². The zero-order valence-corrected chi connectivity index (χ0v) is 15.0. The smallest absolute Gasteiger partial charge is 0.115 e. The first-order valence-corrected chi connectivity index (χ1v) is 9.58. The van der Waals surface area contributed by atoms with Crippen LogP contribution in [0.5, 0.6) is 5.75 Å². The Bertz CT molecular complexity index is 712. The molecular formula is C22H28N2O. The van der Waals surface area contributed by atoms with Crippen molar-refractivity contribution < 1.29 is 5.11 Å². The number of fused-ring (bicyclic) bond motifs is 1. The molecule has 0 spiro atoms. The van der Waals surface area contributed by atoms with Crippen LogP contribution in [0, 0.1) is 5.92 Å². The van der Waals surface area contributed by atoms with Crippen molar-refractivity contribution in [2.45, 2.75) is 38.1 Å². The van der Waals surface area contributed by atoms with E-state index in [1.807, 2.05) is 0 Å². The van der Waals surface area contributed by atoms with Gasteiger partial charge in [0.25, 0.3) is 0 Å². The molecule has 3 nitrogen and oxygen atoms in total. The molecule has 0 saturated carbocycles. The summed E-state index contributed by atoms with van der Waals surface area (Å²) in [4.78, 5) is 2.54. The number of piperazine rings is 1. The Morgan fingerprint density at radius 3 is 2.76 bits per heavy atom. The van der Waals surface area contributed by atoms with E-state index in [1.165, 1.54) is 24.9 Å². The Morgan fingerprint density at radius 1 is 1.12 bits per heavy atom.